The summed E-state index contributed by atoms with van der Waals surface area (Å²) >= 11 is 0. The summed E-state index contributed by atoms with van der Waals surface area (Å²) in [7, 11) is 0. The van der Waals surface area contributed by atoms with Gasteiger partial charge in [-0.3, -0.25) is 4.79 Å². The number of rotatable bonds is 5. The Labute approximate surface area is 139 Å². The third-order valence-electron chi connectivity index (χ3n) is 4.35. The highest BCUT2D eigenvalue weighted by atomic mass is 19.4. The van der Waals surface area contributed by atoms with Gasteiger partial charge in [0.05, 0.1) is 6.61 Å². The van der Waals surface area contributed by atoms with Crippen LogP contribution in [0.1, 0.15) is 31.7 Å². The van der Waals surface area contributed by atoms with Gasteiger partial charge in [-0.1, -0.05) is 18.2 Å². The Balaban J connectivity index is 1.89. The number of ether oxygens (including phenoxy) is 1. The first kappa shape index (κ1) is 18.6. The Hall–Kier alpha value is -1.76. The fourth-order valence-corrected chi connectivity index (χ4v) is 2.82. The average molecular weight is 345 g/mol. The van der Waals surface area contributed by atoms with E-state index in [1.165, 1.54) is 4.90 Å². The number of hydrogen-bond donors (Lipinski definition) is 1. The molecule has 0 unspecified atom stereocenters. The minimum absolute atomic E-state index is 0.0814. The number of piperidine rings is 1. The molecule has 1 aliphatic rings. The second-order valence-electron chi connectivity index (χ2n) is 5.95. The van der Waals surface area contributed by atoms with Crippen molar-refractivity contribution >= 4 is 5.91 Å². The monoisotopic (exact) mass is 345 g/mol. The molecule has 0 aromatic heterocycles. The normalized spacial score (nSPS) is 17.6. The van der Waals surface area contributed by atoms with Crippen LogP contribution in [0.15, 0.2) is 24.3 Å². The van der Waals surface area contributed by atoms with Gasteiger partial charge in [0.15, 0.2) is 5.60 Å². The highest BCUT2D eigenvalue weighted by molar-refractivity contribution is 5.76. The molecule has 0 bridgehead atoms. The third kappa shape index (κ3) is 4.20. The summed E-state index contributed by atoms with van der Waals surface area (Å²) < 4.78 is 43.8. The zero-order chi connectivity index (χ0) is 17.8. The van der Waals surface area contributed by atoms with Gasteiger partial charge in [0, 0.05) is 32.4 Å². The van der Waals surface area contributed by atoms with E-state index in [4.69, 9.17) is 4.74 Å². The topological polar surface area (TPSA) is 49.8 Å². The van der Waals surface area contributed by atoms with Crippen LogP contribution in [0.4, 0.5) is 13.2 Å². The lowest BCUT2D eigenvalue weighted by molar-refractivity contribution is -0.272. The summed E-state index contributed by atoms with van der Waals surface area (Å²) in [4.78, 5) is 13.6. The van der Waals surface area contributed by atoms with E-state index in [1.807, 2.05) is 31.2 Å². The number of aryl methyl sites for hydroxylation is 1. The maximum Gasteiger partial charge on any atom is 0.417 e. The van der Waals surface area contributed by atoms with Gasteiger partial charge in [-0.05, 0) is 25.0 Å². The third-order valence-corrected chi connectivity index (χ3v) is 4.35. The van der Waals surface area contributed by atoms with Gasteiger partial charge in [0.2, 0.25) is 5.91 Å². The maximum atomic E-state index is 12.8. The fourth-order valence-electron chi connectivity index (χ4n) is 2.82. The van der Waals surface area contributed by atoms with Gasteiger partial charge in [0.1, 0.15) is 5.75 Å². The molecular formula is C17H22F3NO3. The first-order chi connectivity index (χ1) is 11.3. The van der Waals surface area contributed by atoms with E-state index in [0.717, 1.165) is 11.3 Å². The number of aliphatic hydroxyl groups is 1. The number of likely N-dealkylation sites (tertiary alicyclic amines) is 1. The Morgan fingerprint density at radius 3 is 2.50 bits per heavy atom. The predicted octanol–water partition coefficient (Wildman–Crippen LogP) is 2.93. The van der Waals surface area contributed by atoms with Gasteiger partial charge >= 0.3 is 6.18 Å². The van der Waals surface area contributed by atoms with E-state index in [9.17, 15) is 23.1 Å². The summed E-state index contributed by atoms with van der Waals surface area (Å²) in [6.07, 6.45) is -4.93. The zero-order valence-corrected chi connectivity index (χ0v) is 13.6. The van der Waals surface area contributed by atoms with Crippen molar-refractivity contribution in [3.05, 3.63) is 29.8 Å². The molecule has 1 aromatic rings. The molecule has 1 aliphatic heterocycles. The van der Waals surface area contributed by atoms with Gasteiger partial charge in [-0.2, -0.15) is 13.2 Å². The summed E-state index contributed by atoms with van der Waals surface area (Å²) in [6.45, 7) is 2.23. The van der Waals surface area contributed by atoms with Crippen LogP contribution in [0.25, 0.3) is 0 Å². The second kappa shape index (κ2) is 7.42. The van der Waals surface area contributed by atoms with Crippen LogP contribution in [-0.4, -0.2) is 47.4 Å². The quantitative estimate of drug-likeness (QED) is 0.893. The maximum absolute atomic E-state index is 12.8. The molecule has 0 spiro atoms. The van der Waals surface area contributed by atoms with E-state index >= 15 is 0 Å². The number of amides is 1. The largest absolute Gasteiger partial charge is 0.494 e. The summed E-state index contributed by atoms with van der Waals surface area (Å²) in [5, 5.41) is 9.63. The smallest absolute Gasteiger partial charge is 0.417 e. The lowest BCUT2D eigenvalue weighted by Crippen LogP contribution is -2.54. The highest BCUT2D eigenvalue weighted by Crippen LogP contribution is 2.38. The molecule has 1 N–H and O–H groups in total. The van der Waals surface area contributed by atoms with Gasteiger partial charge < -0.3 is 14.7 Å². The second-order valence-corrected chi connectivity index (χ2v) is 5.95. The molecule has 24 heavy (non-hydrogen) atoms. The Morgan fingerprint density at radius 1 is 1.29 bits per heavy atom. The minimum Gasteiger partial charge on any atom is -0.494 e. The standard InChI is InChI=1S/C17H22F3NO3/c1-2-24-14-6-4-3-5-13(14)7-8-15(22)21-11-9-16(23,10-12-21)17(18,19)20/h3-6,23H,2,7-12H2,1H3. The Morgan fingerprint density at radius 2 is 1.92 bits per heavy atom. The molecule has 1 amide bonds. The predicted molar refractivity (Wildman–Crippen MR) is 82.8 cm³/mol. The molecule has 1 heterocycles. The molecule has 0 radical (unpaired) electrons. The SMILES string of the molecule is CCOc1ccccc1CCC(=O)N1CCC(O)(C(F)(F)F)CC1. The van der Waals surface area contributed by atoms with E-state index in [1.54, 1.807) is 0 Å². The van der Waals surface area contributed by atoms with E-state index in [-0.39, 0.29) is 25.4 Å². The fraction of sp³-hybridized carbons (Fsp3) is 0.588. The van der Waals surface area contributed by atoms with Crippen LogP contribution in [0.3, 0.4) is 0 Å². The number of carbonyl (C=O) groups excluding carboxylic acids is 1. The van der Waals surface area contributed by atoms with Crippen molar-refractivity contribution in [2.24, 2.45) is 0 Å². The summed E-state index contributed by atoms with van der Waals surface area (Å²) in [6, 6.07) is 7.40. The first-order valence-corrected chi connectivity index (χ1v) is 8.04. The van der Waals surface area contributed by atoms with E-state index < -0.39 is 24.6 Å². The van der Waals surface area contributed by atoms with Crippen molar-refractivity contribution < 1.29 is 27.8 Å². The molecule has 4 nitrogen and oxygen atoms in total. The van der Waals surface area contributed by atoms with Crippen molar-refractivity contribution in [3.8, 4) is 5.75 Å². The molecule has 134 valence electrons. The number of halogens is 3. The van der Waals surface area contributed by atoms with Crippen molar-refractivity contribution in [2.75, 3.05) is 19.7 Å². The molecular weight excluding hydrogens is 323 g/mol. The van der Waals surface area contributed by atoms with Gasteiger partial charge in [-0.15, -0.1) is 0 Å². The Bertz CT molecular complexity index is 566. The summed E-state index contributed by atoms with van der Waals surface area (Å²) in [5.74, 6) is 0.517. The molecule has 0 saturated carbocycles. The number of carbonyl (C=O) groups is 1. The van der Waals surface area contributed by atoms with Crippen molar-refractivity contribution in [1.82, 2.24) is 4.90 Å². The number of para-hydroxylation sites is 1. The van der Waals surface area contributed by atoms with Gasteiger partial charge in [-0.25, -0.2) is 0 Å². The number of nitrogens with zero attached hydrogens (tertiary/aromatic N) is 1. The molecule has 0 atom stereocenters. The van der Waals surface area contributed by atoms with Crippen molar-refractivity contribution in [2.45, 2.75) is 44.4 Å². The van der Waals surface area contributed by atoms with E-state index in [0.29, 0.717) is 13.0 Å². The van der Waals surface area contributed by atoms with Crippen LogP contribution < -0.4 is 4.74 Å². The highest BCUT2D eigenvalue weighted by Gasteiger charge is 2.54. The summed E-state index contributed by atoms with van der Waals surface area (Å²) in [5.41, 5.74) is -1.78. The molecule has 1 aromatic carbocycles. The first-order valence-electron chi connectivity index (χ1n) is 8.04. The van der Waals surface area contributed by atoms with Crippen LogP contribution in [-0.2, 0) is 11.2 Å². The molecule has 1 fully saturated rings. The molecule has 1 saturated heterocycles. The van der Waals surface area contributed by atoms with Gasteiger partial charge in [0.25, 0.3) is 0 Å². The van der Waals surface area contributed by atoms with Crippen LogP contribution in [0.2, 0.25) is 0 Å². The number of alkyl halides is 3. The molecule has 7 heteroatoms. The van der Waals surface area contributed by atoms with Crippen LogP contribution >= 0.6 is 0 Å². The van der Waals surface area contributed by atoms with Crippen LogP contribution in [0.5, 0.6) is 5.75 Å². The van der Waals surface area contributed by atoms with Crippen molar-refractivity contribution in [1.29, 1.82) is 0 Å². The minimum atomic E-state index is -4.65. The zero-order valence-electron chi connectivity index (χ0n) is 13.6. The Kier molecular flexibility index (Phi) is 5.74. The number of hydrogen-bond acceptors (Lipinski definition) is 3. The van der Waals surface area contributed by atoms with E-state index in [2.05, 4.69) is 0 Å². The molecule has 0 aliphatic carbocycles. The lowest BCUT2D eigenvalue weighted by atomic mass is 9.90. The van der Waals surface area contributed by atoms with Crippen molar-refractivity contribution in [3.63, 3.8) is 0 Å². The lowest BCUT2D eigenvalue weighted by Gasteiger charge is -2.39. The number of benzene rings is 1. The van der Waals surface area contributed by atoms with Crippen LogP contribution in [0, 0.1) is 0 Å². The average Bonchev–Trinajstić information content (AvgIpc) is 2.54. The molecule has 2 rings (SSSR count).